The van der Waals surface area contributed by atoms with Gasteiger partial charge in [0.1, 0.15) is 0 Å². The summed E-state index contributed by atoms with van der Waals surface area (Å²) in [6.45, 7) is 2.07. The summed E-state index contributed by atoms with van der Waals surface area (Å²) in [7, 11) is 0. The molecule has 2 aliphatic carbocycles. The second-order valence-electron chi connectivity index (χ2n) is 15.4. The highest BCUT2D eigenvalue weighted by Crippen LogP contribution is 2.45. The summed E-state index contributed by atoms with van der Waals surface area (Å²) in [6, 6.07) is 56.2. The first kappa shape index (κ1) is 36.7. The Morgan fingerprint density at radius 1 is 0.667 bits per heavy atom. The minimum atomic E-state index is 0.687. The van der Waals surface area contributed by atoms with Gasteiger partial charge in [0.25, 0.3) is 0 Å². The summed E-state index contributed by atoms with van der Waals surface area (Å²) in [4.78, 5) is 3.97. The number of nitrogens with zero attached hydrogens (tertiary/aromatic N) is 1. The molecule has 0 atom stereocenters. The molecule has 280 valence electrons. The Balaban J connectivity index is 1.17. The summed E-state index contributed by atoms with van der Waals surface area (Å²) in [5, 5.41) is 1.36. The number of benzene rings is 6. The summed E-state index contributed by atoms with van der Waals surface area (Å²) in [5.74, 6) is 0.687. The van der Waals surface area contributed by atoms with Gasteiger partial charge in [-0.2, -0.15) is 0 Å². The van der Waals surface area contributed by atoms with Gasteiger partial charge in [0.2, 0.25) is 0 Å². The monoisotopic (exact) mass is 755 g/mol. The molecular formula is C55H49NS. The number of anilines is 3. The minimum absolute atomic E-state index is 0.687. The van der Waals surface area contributed by atoms with Crippen molar-refractivity contribution in [1.29, 1.82) is 0 Å². The highest BCUT2D eigenvalue weighted by atomic mass is 32.1. The van der Waals surface area contributed by atoms with E-state index in [0.29, 0.717) is 5.92 Å². The van der Waals surface area contributed by atoms with Gasteiger partial charge in [-0.05, 0) is 119 Å². The lowest BCUT2D eigenvalue weighted by atomic mass is 9.83. The lowest BCUT2D eigenvalue weighted by Gasteiger charge is -2.28. The van der Waals surface area contributed by atoms with E-state index in [1.54, 1.807) is 0 Å². The summed E-state index contributed by atoms with van der Waals surface area (Å²) in [6.07, 6.45) is 22.4. The molecule has 2 aliphatic rings. The van der Waals surface area contributed by atoms with Crippen LogP contribution in [0.25, 0.3) is 44.5 Å². The Hall–Kier alpha value is -5.96. The van der Waals surface area contributed by atoms with E-state index in [9.17, 15) is 0 Å². The number of allylic oxidation sites excluding steroid dienone is 6. The maximum atomic E-state index is 2.47. The van der Waals surface area contributed by atoms with Crippen molar-refractivity contribution < 1.29 is 0 Å². The van der Waals surface area contributed by atoms with E-state index < -0.39 is 0 Å². The highest BCUT2D eigenvalue weighted by molar-refractivity contribution is 7.19. The van der Waals surface area contributed by atoms with E-state index >= 15 is 0 Å². The van der Waals surface area contributed by atoms with Gasteiger partial charge in [-0.1, -0.05) is 171 Å². The van der Waals surface area contributed by atoms with Crippen LogP contribution in [0.5, 0.6) is 0 Å². The molecule has 0 aliphatic heterocycles. The SMILES string of the molecule is C\C=C/C=C(\C(=C\c1ccccc1)c1ccc(N(c2ccc3c4c(sc3c2)CCC=C4)c2ccccc2-c2ccc(C3CCCCC3)cc2)cc1)c1ccccc1. The van der Waals surface area contributed by atoms with E-state index in [0.717, 1.165) is 18.5 Å². The van der Waals surface area contributed by atoms with Gasteiger partial charge in [0.05, 0.1) is 5.69 Å². The lowest BCUT2D eigenvalue weighted by Crippen LogP contribution is -2.11. The Morgan fingerprint density at radius 2 is 1.37 bits per heavy atom. The molecule has 1 fully saturated rings. The van der Waals surface area contributed by atoms with E-state index in [2.05, 4.69) is 200 Å². The average Bonchev–Trinajstić information content (AvgIpc) is 3.66. The Labute approximate surface area is 342 Å². The molecule has 9 rings (SSSR count). The molecule has 1 nitrogen and oxygen atoms in total. The van der Waals surface area contributed by atoms with Crippen LogP contribution in [0.1, 0.15) is 84.1 Å². The minimum Gasteiger partial charge on any atom is -0.310 e. The van der Waals surface area contributed by atoms with Crippen LogP contribution in [0.2, 0.25) is 0 Å². The van der Waals surface area contributed by atoms with Crippen LogP contribution in [0.4, 0.5) is 17.1 Å². The fraction of sp³-hybridized carbons (Fsp3) is 0.164. The maximum Gasteiger partial charge on any atom is 0.0540 e. The molecular weight excluding hydrogens is 707 g/mol. The first-order chi connectivity index (χ1) is 28.2. The summed E-state index contributed by atoms with van der Waals surface area (Å²) >= 11 is 1.95. The molecule has 0 amide bonds. The zero-order chi connectivity index (χ0) is 38.4. The Bertz CT molecular complexity index is 2580. The van der Waals surface area contributed by atoms with Gasteiger partial charge in [-0.15, -0.1) is 11.3 Å². The quantitative estimate of drug-likeness (QED) is 0.0992. The smallest absolute Gasteiger partial charge is 0.0540 e. The third-order valence-electron chi connectivity index (χ3n) is 11.7. The van der Waals surface area contributed by atoms with E-state index in [1.165, 1.54) is 109 Å². The Morgan fingerprint density at radius 3 is 2.14 bits per heavy atom. The van der Waals surface area contributed by atoms with Crippen LogP contribution in [-0.4, -0.2) is 0 Å². The van der Waals surface area contributed by atoms with Gasteiger partial charge in [-0.25, -0.2) is 0 Å². The van der Waals surface area contributed by atoms with Crippen molar-refractivity contribution in [3.05, 3.63) is 209 Å². The standard InChI is InChI=1S/C55H49NS/c1-2-3-23-48(43-21-11-6-12-22-43)52(38-40-17-7-4-8-18-40)45-32-34-46(35-33-45)56(47-36-37-51-50-25-14-16-27-54(50)57-55(51)39-47)53-26-15-13-24-49(53)44-30-28-42(29-31-44)41-19-9-5-10-20-41/h2-4,6-8,11-15,17-18,21-26,28-39,41H,5,9-10,16,19-20,27H2,1H3/b3-2-,48-23-,52-38+. The predicted octanol–water partition coefficient (Wildman–Crippen LogP) is 16.2. The number of aryl methyl sites for hydroxylation is 1. The fourth-order valence-electron chi connectivity index (χ4n) is 8.76. The topological polar surface area (TPSA) is 3.24 Å². The summed E-state index contributed by atoms with van der Waals surface area (Å²) < 4.78 is 1.34. The molecule has 2 heteroatoms. The van der Waals surface area contributed by atoms with Crippen LogP contribution in [0.15, 0.2) is 176 Å². The number of hydrogen-bond acceptors (Lipinski definition) is 2. The zero-order valence-electron chi connectivity index (χ0n) is 32.8. The third-order valence-corrected chi connectivity index (χ3v) is 12.9. The van der Waals surface area contributed by atoms with Crippen molar-refractivity contribution in [2.45, 2.75) is 57.8 Å². The number of hydrogen-bond donors (Lipinski definition) is 0. The van der Waals surface area contributed by atoms with Crippen LogP contribution in [0, 0.1) is 0 Å². The molecule has 0 N–H and O–H groups in total. The zero-order valence-corrected chi connectivity index (χ0v) is 33.6. The fourth-order valence-corrected chi connectivity index (χ4v) is 10.0. The van der Waals surface area contributed by atoms with Gasteiger partial charge in [0, 0.05) is 31.9 Å². The molecule has 0 saturated heterocycles. The largest absolute Gasteiger partial charge is 0.310 e. The molecule has 57 heavy (non-hydrogen) atoms. The van der Waals surface area contributed by atoms with E-state index in [1.807, 2.05) is 11.3 Å². The van der Waals surface area contributed by atoms with Crippen LogP contribution >= 0.6 is 11.3 Å². The second kappa shape index (κ2) is 17.0. The van der Waals surface area contributed by atoms with Crippen molar-refractivity contribution in [2.24, 2.45) is 0 Å². The highest BCUT2D eigenvalue weighted by Gasteiger charge is 2.21. The van der Waals surface area contributed by atoms with Gasteiger partial charge in [0.15, 0.2) is 0 Å². The number of rotatable bonds is 10. The first-order valence-electron chi connectivity index (χ1n) is 20.7. The molecule has 1 heterocycles. The number of thiophene rings is 1. The molecule has 0 spiro atoms. The maximum absolute atomic E-state index is 2.47. The second-order valence-corrected chi connectivity index (χ2v) is 16.5. The molecule has 6 aromatic carbocycles. The molecule has 0 bridgehead atoms. The van der Waals surface area contributed by atoms with Crippen molar-refractivity contribution >= 4 is 61.8 Å². The van der Waals surface area contributed by atoms with Crippen molar-refractivity contribution in [3.8, 4) is 11.1 Å². The summed E-state index contributed by atoms with van der Waals surface area (Å²) in [5.41, 5.74) is 14.7. The predicted molar refractivity (Wildman–Crippen MR) is 249 cm³/mol. The molecule has 0 unspecified atom stereocenters. The first-order valence-corrected chi connectivity index (χ1v) is 21.5. The Kier molecular flexibility index (Phi) is 11.0. The lowest BCUT2D eigenvalue weighted by molar-refractivity contribution is 0.443. The van der Waals surface area contributed by atoms with Gasteiger partial charge >= 0.3 is 0 Å². The normalized spacial score (nSPS) is 15.0. The average molecular weight is 756 g/mol. The molecule has 0 radical (unpaired) electrons. The number of fused-ring (bicyclic) bond motifs is 3. The van der Waals surface area contributed by atoms with E-state index in [4.69, 9.17) is 0 Å². The number of para-hydroxylation sites is 1. The van der Waals surface area contributed by atoms with E-state index in [-0.39, 0.29) is 0 Å². The van der Waals surface area contributed by atoms with Gasteiger partial charge < -0.3 is 4.90 Å². The third kappa shape index (κ3) is 7.88. The van der Waals surface area contributed by atoms with Crippen LogP contribution < -0.4 is 4.90 Å². The van der Waals surface area contributed by atoms with Crippen LogP contribution in [0.3, 0.4) is 0 Å². The molecule has 1 saturated carbocycles. The van der Waals surface area contributed by atoms with Gasteiger partial charge in [-0.3, -0.25) is 0 Å². The van der Waals surface area contributed by atoms with Crippen molar-refractivity contribution in [3.63, 3.8) is 0 Å². The molecule has 1 aromatic heterocycles. The van der Waals surface area contributed by atoms with Crippen LogP contribution in [-0.2, 0) is 6.42 Å². The van der Waals surface area contributed by atoms with Crippen molar-refractivity contribution in [2.75, 3.05) is 4.90 Å². The molecule has 7 aromatic rings. The van der Waals surface area contributed by atoms with Crippen molar-refractivity contribution in [1.82, 2.24) is 0 Å².